The van der Waals surface area contributed by atoms with Gasteiger partial charge < -0.3 is 10.4 Å². The maximum Gasteiger partial charge on any atom is 0.410 e. The van der Waals surface area contributed by atoms with Crippen LogP contribution in [0.1, 0.15) is 35.2 Å². The SMILES string of the molecule is CC(NC(=O)Nc1cc2c(cn1)c(NC(=O)O)nn2C(c1ccccc1)(c1ccccc1)c1ccccc1)c1ccccc1. The van der Waals surface area contributed by atoms with Gasteiger partial charge in [-0.2, -0.15) is 5.10 Å². The molecule has 4 N–H and O–H groups in total. The molecular formula is C35H30N6O3. The molecule has 6 aromatic rings. The molecule has 2 heterocycles. The van der Waals surface area contributed by atoms with Crippen LogP contribution in [0.5, 0.6) is 0 Å². The van der Waals surface area contributed by atoms with Crippen LogP contribution in [0.4, 0.5) is 21.2 Å². The van der Waals surface area contributed by atoms with Crippen molar-refractivity contribution in [3.63, 3.8) is 0 Å². The van der Waals surface area contributed by atoms with Gasteiger partial charge in [0.2, 0.25) is 0 Å². The minimum Gasteiger partial charge on any atom is -0.465 e. The first-order valence-corrected chi connectivity index (χ1v) is 14.1. The van der Waals surface area contributed by atoms with Gasteiger partial charge in [-0.05, 0) is 29.2 Å². The fourth-order valence-corrected chi connectivity index (χ4v) is 5.61. The summed E-state index contributed by atoms with van der Waals surface area (Å²) >= 11 is 0. The number of carboxylic acid groups (broad SMARTS) is 1. The molecule has 0 aliphatic carbocycles. The van der Waals surface area contributed by atoms with E-state index < -0.39 is 17.7 Å². The molecule has 0 saturated heterocycles. The predicted molar refractivity (Wildman–Crippen MR) is 171 cm³/mol. The molecule has 3 amide bonds. The van der Waals surface area contributed by atoms with Gasteiger partial charge >= 0.3 is 12.1 Å². The van der Waals surface area contributed by atoms with Crippen LogP contribution in [0, 0.1) is 0 Å². The summed E-state index contributed by atoms with van der Waals surface area (Å²) < 4.78 is 1.81. The lowest BCUT2D eigenvalue weighted by Crippen LogP contribution is -2.38. The molecule has 0 saturated carbocycles. The van der Waals surface area contributed by atoms with Crippen molar-refractivity contribution in [3.8, 4) is 0 Å². The minimum atomic E-state index is -1.25. The standard InChI is InChI=1S/C35H30N6O3/c1-24(25-14-6-2-7-15-25)37-33(42)38-31-22-30-29(23-36-31)32(39-34(43)44)40-41(30)35(26-16-8-3-9-17-26,27-18-10-4-11-19-27)28-20-12-5-13-21-28/h2-24H,1H3,(H,39,40)(H,43,44)(H2,36,37,38,42). The molecular weight excluding hydrogens is 552 g/mol. The monoisotopic (exact) mass is 582 g/mol. The van der Waals surface area contributed by atoms with Gasteiger partial charge in [-0.3, -0.25) is 10.6 Å². The second kappa shape index (κ2) is 12.1. The first-order chi connectivity index (χ1) is 21.5. The lowest BCUT2D eigenvalue weighted by atomic mass is 9.77. The first kappa shape index (κ1) is 28.2. The maximum atomic E-state index is 13.1. The molecule has 44 heavy (non-hydrogen) atoms. The highest BCUT2D eigenvalue weighted by atomic mass is 16.4. The van der Waals surface area contributed by atoms with Crippen LogP contribution >= 0.6 is 0 Å². The summed E-state index contributed by atoms with van der Waals surface area (Å²) in [7, 11) is 0. The van der Waals surface area contributed by atoms with Gasteiger partial charge in [-0.1, -0.05) is 121 Å². The quantitative estimate of drug-likeness (QED) is 0.141. The normalized spacial score (nSPS) is 11.9. The summed E-state index contributed by atoms with van der Waals surface area (Å²) in [6, 6.07) is 40.5. The van der Waals surface area contributed by atoms with Crippen molar-refractivity contribution in [2.75, 3.05) is 10.6 Å². The van der Waals surface area contributed by atoms with Gasteiger partial charge in [0.1, 0.15) is 11.4 Å². The van der Waals surface area contributed by atoms with Gasteiger partial charge in [0.05, 0.1) is 16.9 Å². The zero-order valence-electron chi connectivity index (χ0n) is 23.9. The Hall–Kier alpha value is -5.96. The molecule has 6 rings (SSSR count). The molecule has 0 spiro atoms. The number of benzene rings is 4. The number of aromatic nitrogens is 3. The van der Waals surface area contributed by atoms with E-state index in [-0.39, 0.29) is 17.7 Å². The Morgan fingerprint density at radius 2 is 1.25 bits per heavy atom. The Balaban J connectivity index is 1.54. The molecule has 4 aromatic carbocycles. The van der Waals surface area contributed by atoms with Crippen LogP contribution in [0.15, 0.2) is 134 Å². The number of urea groups is 1. The summed E-state index contributed by atoms with van der Waals surface area (Å²) in [5.74, 6) is 0.405. The van der Waals surface area contributed by atoms with Crippen LogP contribution < -0.4 is 16.0 Å². The van der Waals surface area contributed by atoms with Crippen molar-refractivity contribution in [1.29, 1.82) is 0 Å². The summed E-state index contributed by atoms with van der Waals surface area (Å²) in [6.07, 6.45) is 0.268. The summed E-state index contributed by atoms with van der Waals surface area (Å²) in [6.45, 7) is 1.90. The fraction of sp³-hybridized carbons (Fsp3) is 0.0857. The minimum absolute atomic E-state index is 0.126. The number of carbonyl (C=O) groups excluding carboxylic acids is 1. The Bertz CT molecular complexity index is 1800. The molecule has 0 radical (unpaired) electrons. The van der Waals surface area contributed by atoms with E-state index in [2.05, 4.69) is 20.9 Å². The Morgan fingerprint density at radius 3 is 1.75 bits per heavy atom. The summed E-state index contributed by atoms with van der Waals surface area (Å²) in [4.78, 5) is 29.4. The number of nitrogens with one attached hydrogen (secondary N) is 3. The number of hydrogen-bond acceptors (Lipinski definition) is 4. The van der Waals surface area contributed by atoms with E-state index in [1.807, 2.05) is 133 Å². The van der Waals surface area contributed by atoms with E-state index >= 15 is 0 Å². The van der Waals surface area contributed by atoms with Crippen LogP contribution in [0.3, 0.4) is 0 Å². The summed E-state index contributed by atoms with van der Waals surface area (Å²) in [5.41, 5.74) is 3.22. The van der Waals surface area contributed by atoms with Crippen LogP contribution in [-0.2, 0) is 5.54 Å². The lowest BCUT2D eigenvalue weighted by molar-refractivity contribution is 0.209. The third-order valence-corrected chi connectivity index (χ3v) is 7.57. The molecule has 9 heteroatoms. The average Bonchev–Trinajstić information content (AvgIpc) is 3.40. The largest absolute Gasteiger partial charge is 0.465 e. The molecule has 9 nitrogen and oxygen atoms in total. The van der Waals surface area contributed by atoms with E-state index in [9.17, 15) is 14.7 Å². The van der Waals surface area contributed by atoms with E-state index in [0.717, 1.165) is 22.3 Å². The second-order valence-electron chi connectivity index (χ2n) is 10.3. The highest BCUT2D eigenvalue weighted by molar-refractivity contribution is 5.99. The topological polar surface area (TPSA) is 121 Å². The van der Waals surface area contributed by atoms with Gasteiger partial charge in [0, 0.05) is 12.3 Å². The number of pyridine rings is 1. The molecule has 0 bridgehead atoms. The summed E-state index contributed by atoms with van der Waals surface area (Å²) in [5, 5.41) is 23.3. The number of carbonyl (C=O) groups is 2. The Morgan fingerprint density at radius 1 is 0.750 bits per heavy atom. The van der Waals surface area contributed by atoms with Crippen molar-refractivity contribution < 1.29 is 14.7 Å². The number of hydrogen-bond donors (Lipinski definition) is 4. The number of nitrogens with zero attached hydrogens (tertiary/aromatic N) is 3. The Kier molecular flexibility index (Phi) is 7.75. The van der Waals surface area contributed by atoms with Crippen LogP contribution in [0.2, 0.25) is 0 Å². The predicted octanol–water partition coefficient (Wildman–Crippen LogP) is 7.24. The third kappa shape index (κ3) is 5.34. The van der Waals surface area contributed by atoms with Crippen LogP contribution in [0.25, 0.3) is 10.9 Å². The number of rotatable bonds is 8. The molecule has 0 aliphatic heterocycles. The number of amides is 3. The fourth-order valence-electron chi connectivity index (χ4n) is 5.61. The lowest BCUT2D eigenvalue weighted by Gasteiger charge is -2.37. The molecule has 0 aliphatic rings. The van der Waals surface area contributed by atoms with Crippen molar-refractivity contribution in [1.82, 2.24) is 20.1 Å². The average molecular weight is 583 g/mol. The van der Waals surface area contributed by atoms with Gasteiger partial charge in [0.15, 0.2) is 5.82 Å². The van der Waals surface area contributed by atoms with Gasteiger partial charge in [-0.25, -0.2) is 19.3 Å². The van der Waals surface area contributed by atoms with Gasteiger partial charge in [-0.15, -0.1) is 0 Å². The third-order valence-electron chi connectivity index (χ3n) is 7.57. The van der Waals surface area contributed by atoms with Crippen molar-refractivity contribution >= 4 is 34.7 Å². The zero-order valence-corrected chi connectivity index (χ0v) is 23.9. The molecule has 2 aromatic heterocycles. The zero-order chi connectivity index (χ0) is 30.5. The smallest absolute Gasteiger partial charge is 0.410 e. The van der Waals surface area contributed by atoms with Crippen LogP contribution in [-0.4, -0.2) is 32.0 Å². The first-order valence-electron chi connectivity index (χ1n) is 14.1. The molecule has 218 valence electrons. The maximum absolute atomic E-state index is 13.1. The van der Waals surface area contributed by atoms with E-state index in [4.69, 9.17) is 5.10 Å². The van der Waals surface area contributed by atoms with Crippen molar-refractivity contribution in [2.45, 2.75) is 18.5 Å². The van der Waals surface area contributed by atoms with Crippen molar-refractivity contribution in [3.05, 3.63) is 156 Å². The van der Waals surface area contributed by atoms with Crippen molar-refractivity contribution in [2.24, 2.45) is 0 Å². The second-order valence-corrected chi connectivity index (χ2v) is 10.3. The number of anilines is 2. The van der Waals surface area contributed by atoms with E-state index in [1.54, 1.807) is 6.07 Å². The molecule has 0 fully saturated rings. The highest BCUT2D eigenvalue weighted by Gasteiger charge is 2.41. The van der Waals surface area contributed by atoms with E-state index in [1.165, 1.54) is 6.20 Å². The molecule has 1 unspecified atom stereocenters. The highest BCUT2D eigenvalue weighted by Crippen LogP contribution is 2.43. The number of fused-ring (bicyclic) bond motifs is 1. The molecule has 1 atom stereocenters. The van der Waals surface area contributed by atoms with E-state index in [0.29, 0.717) is 10.9 Å². The Labute approximate surface area is 254 Å². The van der Waals surface area contributed by atoms with Gasteiger partial charge in [0.25, 0.3) is 0 Å².